The molecule has 2 amide bonds. The molecular weight excluding hydrogens is 289 g/mol. The number of nitrogens with two attached hydrogens (primary N) is 1. The summed E-state index contributed by atoms with van der Waals surface area (Å²) < 4.78 is 43.4. The number of hydrogen-bond acceptors (Lipinski definition) is 3. The summed E-state index contributed by atoms with van der Waals surface area (Å²) in [6.45, 7) is -0.0291. The van der Waals surface area contributed by atoms with Gasteiger partial charge in [0, 0.05) is 24.7 Å². The Hall–Kier alpha value is -2.25. The molecule has 0 saturated carbocycles. The van der Waals surface area contributed by atoms with Gasteiger partial charge in [0.2, 0.25) is 11.8 Å². The normalized spacial score (nSPS) is 19.0. The number of anilines is 1. The lowest BCUT2D eigenvalue weighted by Crippen LogP contribution is -2.28. The van der Waals surface area contributed by atoms with Gasteiger partial charge in [-0.2, -0.15) is 13.2 Å². The highest BCUT2D eigenvalue weighted by atomic mass is 19.4. The Bertz CT molecular complexity index is 587. The third-order valence-electron chi connectivity index (χ3n) is 3.29. The number of nitrogens with zero attached hydrogens (tertiary/aromatic N) is 1. The largest absolute Gasteiger partial charge is 0.497 e. The SMILES string of the molecule is COc1cc(N2CC(C(N)=O)CC2=O)cc(C(F)(F)F)c1. The molecule has 2 N–H and O–H groups in total. The van der Waals surface area contributed by atoms with Gasteiger partial charge in [-0.25, -0.2) is 0 Å². The first-order chi connectivity index (χ1) is 9.72. The molecule has 1 aromatic carbocycles. The van der Waals surface area contributed by atoms with Gasteiger partial charge in [-0.3, -0.25) is 9.59 Å². The molecule has 1 aliphatic rings. The number of methoxy groups -OCH3 is 1. The van der Waals surface area contributed by atoms with E-state index in [1.807, 2.05) is 0 Å². The number of benzene rings is 1. The van der Waals surface area contributed by atoms with Gasteiger partial charge in [0.15, 0.2) is 0 Å². The summed E-state index contributed by atoms with van der Waals surface area (Å²) in [6.07, 6.45) is -4.66. The van der Waals surface area contributed by atoms with E-state index in [9.17, 15) is 22.8 Å². The van der Waals surface area contributed by atoms with Crippen LogP contribution in [0.25, 0.3) is 0 Å². The third-order valence-corrected chi connectivity index (χ3v) is 3.29. The number of rotatable bonds is 3. The van der Waals surface area contributed by atoms with Crippen LogP contribution in [0.5, 0.6) is 5.75 Å². The Kier molecular flexibility index (Phi) is 3.80. The highest BCUT2D eigenvalue weighted by molar-refractivity contribution is 6.00. The van der Waals surface area contributed by atoms with E-state index in [0.717, 1.165) is 17.0 Å². The second kappa shape index (κ2) is 5.27. The number of primary amides is 1. The third kappa shape index (κ3) is 3.09. The first-order valence-electron chi connectivity index (χ1n) is 6.08. The molecule has 0 aromatic heterocycles. The van der Waals surface area contributed by atoms with E-state index in [1.165, 1.54) is 13.2 Å². The van der Waals surface area contributed by atoms with Crippen LogP contribution < -0.4 is 15.4 Å². The minimum absolute atomic E-state index is 0.0184. The molecule has 0 spiro atoms. The van der Waals surface area contributed by atoms with Crippen molar-refractivity contribution in [2.24, 2.45) is 11.7 Å². The lowest BCUT2D eigenvalue weighted by Gasteiger charge is -2.19. The average molecular weight is 302 g/mol. The zero-order chi connectivity index (χ0) is 15.8. The number of ether oxygens (including phenoxy) is 1. The minimum Gasteiger partial charge on any atom is -0.497 e. The Morgan fingerprint density at radius 1 is 1.38 bits per heavy atom. The number of amides is 2. The van der Waals surface area contributed by atoms with E-state index in [1.54, 1.807) is 0 Å². The fraction of sp³-hybridized carbons (Fsp3) is 0.385. The Balaban J connectivity index is 2.40. The highest BCUT2D eigenvalue weighted by Crippen LogP contribution is 2.36. The van der Waals surface area contributed by atoms with E-state index in [-0.39, 0.29) is 24.4 Å². The van der Waals surface area contributed by atoms with Gasteiger partial charge in [-0.05, 0) is 12.1 Å². The lowest BCUT2D eigenvalue weighted by molar-refractivity contribution is -0.137. The van der Waals surface area contributed by atoms with Crippen molar-refractivity contribution in [1.82, 2.24) is 0 Å². The molecule has 114 valence electrons. The van der Waals surface area contributed by atoms with Gasteiger partial charge in [0.1, 0.15) is 5.75 Å². The number of halogens is 3. The number of carbonyl (C=O) groups is 2. The van der Waals surface area contributed by atoms with E-state index < -0.39 is 29.5 Å². The molecule has 1 aliphatic heterocycles. The highest BCUT2D eigenvalue weighted by Gasteiger charge is 2.36. The molecule has 8 heteroatoms. The molecule has 1 unspecified atom stereocenters. The number of alkyl halides is 3. The monoisotopic (exact) mass is 302 g/mol. The zero-order valence-corrected chi connectivity index (χ0v) is 11.1. The van der Waals surface area contributed by atoms with Crippen LogP contribution >= 0.6 is 0 Å². The average Bonchev–Trinajstić information content (AvgIpc) is 2.79. The topological polar surface area (TPSA) is 72.6 Å². The Morgan fingerprint density at radius 2 is 2.05 bits per heavy atom. The van der Waals surface area contributed by atoms with Crippen molar-refractivity contribution < 1.29 is 27.5 Å². The van der Waals surface area contributed by atoms with Crippen LogP contribution in [0.4, 0.5) is 18.9 Å². The molecule has 1 heterocycles. The van der Waals surface area contributed by atoms with Gasteiger partial charge in [0.25, 0.3) is 0 Å². The van der Waals surface area contributed by atoms with E-state index in [2.05, 4.69) is 0 Å². The van der Waals surface area contributed by atoms with Crippen molar-refractivity contribution >= 4 is 17.5 Å². The molecule has 5 nitrogen and oxygen atoms in total. The number of carbonyl (C=O) groups excluding carboxylic acids is 2. The predicted molar refractivity (Wildman–Crippen MR) is 67.7 cm³/mol. The zero-order valence-electron chi connectivity index (χ0n) is 11.1. The van der Waals surface area contributed by atoms with Crippen molar-refractivity contribution in [2.75, 3.05) is 18.6 Å². The summed E-state index contributed by atoms with van der Waals surface area (Å²) in [6, 6.07) is 3.01. The standard InChI is InChI=1S/C13H13F3N2O3/c1-21-10-4-8(13(14,15)16)3-9(5-10)18-6-7(12(17)20)2-11(18)19/h3-5,7H,2,6H2,1H3,(H2,17,20). The second-order valence-electron chi connectivity index (χ2n) is 4.73. The van der Waals surface area contributed by atoms with Crippen molar-refractivity contribution in [3.8, 4) is 5.75 Å². The van der Waals surface area contributed by atoms with Crippen LogP contribution in [0.2, 0.25) is 0 Å². The van der Waals surface area contributed by atoms with Crippen molar-refractivity contribution in [2.45, 2.75) is 12.6 Å². The quantitative estimate of drug-likeness (QED) is 0.920. The molecule has 0 bridgehead atoms. The van der Waals surface area contributed by atoms with Crippen LogP contribution in [-0.2, 0) is 15.8 Å². The molecule has 1 atom stereocenters. The molecule has 0 radical (unpaired) electrons. The van der Waals surface area contributed by atoms with E-state index >= 15 is 0 Å². The summed E-state index contributed by atoms with van der Waals surface area (Å²) >= 11 is 0. The first kappa shape index (κ1) is 15.1. The van der Waals surface area contributed by atoms with Gasteiger partial charge in [0.05, 0.1) is 18.6 Å². The number of hydrogen-bond donors (Lipinski definition) is 1. The first-order valence-corrected chi connectivity index (χ1v) is 6.08. The molecule has 1 fully saturated rings. The van der Waals surface area contributed by atoms with Crippen molar-refractivity contribution in [3.05, 3.63) is 23.8 Å². The van der Waals surface area contributed by atoms with Crippen molar-refractivity contribution in [1.29, 1.82) is 0 Å². The van der Waals surface area contributed by atoms with Crippen LogP contribution in [0, 0.1) is 5.92 Å². The molecule has 2 rings (SSSR count). The smallest absolute Gasteiger partial charge is 0.416 e. The molecule has 21 heavy (non-hydrogen) atoms. The van der Waals surface area contributed by atoms with Crippen molar-refractivity contribution in [3.63, 3.8) is 0 Å². The van der Waals surface area contributed by atoms with Gasteiger partial charge in [-0.15, -0.1) is 0 Å². The summed E-state index contributed by atoms with van der Waals surface area (Å²) in [4.78, 5) is 24.1. The van der Waals surface area contributed by atoms with Gasteiger partial charge < -0.3 is 15.4 Å². The van der Waals surface area contributed by atoms with E-state index in [0.29, 0.717) is 0 Å². The lowest BCUT2D eigenvalue weighted by atomic mass is 10.1. The maximum absolute atomic E-state index is 12.8. The van der Waals surface area contributed by atoms with Crippen LogP contribution in [0.3, 0.4) is 0 Å². The van der Waals surface area contributed by atoms with Gasteiger partial charge in [-0.1, -0.05) is 0 Å². The maximum Gasteiger partial charge on any atom is 0.416 e. The summed E-state index contributed by atoms with van der Waals surface area (Å²) in [5.74, 6) is -1.81. The minimum atomic E-state index is -4.56. The fourth-order valence-electron chi connectivity index (χ4n) is 2.17. The summed E-state index contributed by atoms with van der Waals surface area (Å²) in [5.41, 5.74) is 4.25. The summed E-state index contributed by atoms with van der Waals surface area (Å²) in [5, 5.41) is 0. The fourth-order valence-corrected chi connectivity index (χ4v) is 2.17. The summed E-state index contributed by atoms with van der Waals surface area (Å²) in [7, 11) is 1.23. The maximum atomic E-state index is 12.8. The van der Waals surface area contributed by atoms with E-state index in [4.69, 9.17) is 10.5 Å². The molecule has 1 saturated heterocycles. The molecule has 0 aliphatic carbocycles. The van der Waals surface area contributed by atoms with Crippen LogP contribution in [-0.4, -0.2) is 25.5 Å². The predicted octanol–water partition coefficient (Wildman–Crippen LogP) is 1.55. The Labute approximate surface area is 118 Å². The van der Waals surface area contributed by atoms with Gasteiger partial charge >= 0.3 is 6.18 Å². The van der Waals surface area contributed by atoms with Crippen LogP contribution in [0.15, 0.2) is 18.2 Å². The second-order valence-corrected chi connectivity index (χ2v) is 4.73. The van der Waals surface area contributed by atoms with Crippen LogP contribution in [0.1, 0.15) is 12.0 Å². The Morgan fingerprint density at radius 3 is 2.52 bits per heavy atom. The molecule has 1 aromatic rings. The molecular formula is C13H13F3N2O3.